The van der Waals surface area contributed by atoms with Crippen LogP contribution in [-0.4, -0.2) is 33.2 Å². The first-order valence-electron chi connectivity index (χ1n) is 8.39. The largest absolute Gasteiger partial charge is 0.447 e. The molecule has 0 aromatic carbocycles. The third-order valence-electron chi connectivity index (χ3n) is 4.56. The number of rotatable bonds is 6. The van der Waals surface area contributed by atoms with Crippen LogP contribution in [0.4, 0.5) is 5.82 Å². The van der Waals surface area contributed by atoms with E-state index in [0.717, 1.165) is 54.9 Å². The number of aromatic amines is 1. The van der Waals surface area contributed by atoms with Gasteiger partial charge in [0.1, 0.15) is 11.6 Å². The van der Waals surface area contributed by atoms with Crippen molar-refractivity contribution in [1.29, 1.82) is 0 Å². The first-order chi connectivity index (χ1) is 12.3. The summed E-state index contributed by atoms with van der Waals surface area (Å²) < 4.78 is 6.15. The minimum atomic E-state index is 0.533. The molecule has 4 rings (SSSR count). The van der Waals surface area contributed by atoms with Crippen LogP contribution in [0.25, 0.3) is 0 Å². The fourth-order valence-corrected chi connectivity index (χ4v) is 4.23. The molecule has 8 heteroatoms. The van der Waals surface area contributed by atoms with Crippen molar-refractivity contribution in [3.8, 4) is 0 Å². The second kappa shape index (κ2) is 7.59. The highest BCUT2D eigenvalue weighted by Gasteiger charge is 2.22. The second-order valence-electron chi connectivity index (χ2n) is 6.29. The number of likely N-dealkylation sites (tertiary alicyclic amines) is 1. The topological polar surface area (TPSA) is 70.0 Å². The Morgan fingerprint density at radius 3 is 2.96 bits per heavy atom. The monoisotopic (exact) mass is 377 g/mol. The lowest BCUT2D eigenvalue weighted by Crippen LogP contribution is -2.32. The summed E-state index contributed by atoms with van der Waals surface area (Å²) in [4.78, 5) is 7.59. The lowest BCUT2D eigenvalue weighted by atomic mass is 9.93. The average molecular weight is 378 g/mol. The van der Waals surface area contributed by atoms with E-state index < -0.39 is 0 Å². The third kappa shape index (κ3) is 4.23. The quantitative estimate of drug-likeness (QED) is 0.676. The molecule has 1 saturated heterocycles. The number of hydrogen-bond acceptors (Lipinski definition) is 6. The van der Waals surface area contributed by atoms with Crippen molar-refractivity contribution in [3.05, 3.63) is 51.5 Å². The maximum absolute atomic E-state index is 5.96. The molecular formula is C17H20ClN5OS. The normalized spacial score (nSPS) is 16.4. The molecular weight excluding hydrogens is 358 g/mol. The van der Waals surface area contributed by atoms with Gasteiger partial charge in [-0.05, 0) is 38.1 Å². The first kappa shape index (κ1) is 16.6. The molecule has 0 atom stereocenters. The molecule has 1 fully saturated rings. The molecule has 3 aromatic heterocycles. The summed E-state index contributed by atoms with van der Waals surface area (Å²) in [6.07, 6.45) is 5.53. The maximum Gasteiger partial charge on any atom is 0.180 e. The Kier molecular flexibility index (Phi) is 5.05. The molecule has 0 saturated carbocycles. The summed E-state index contributed by atoms with van der Waals surface area (Å²) in [6.45, 7) is 3.70. The van der Waals surface area contributed by atoms with Gasteiger partial charge in [0, 0.05) is 22.6 Å². The van der Waals surface area contributed by atoms with Gasteiger partial charge in [-0.3, -0.25) is 10.00 Å². The van der Waals surface area contributed by atoms with Crippen LogP contribution in [0, 0.1) is 0 Å². The Bertz CT molecular complexity index is 792. The van der Waals surface area contributed by atoms with E-state index in [1.54, 1.807) is 17.5 Å². The Labute approximate surface area is 155 Å². The van der Waals surface area contributed by atoms with Gasteiger partial charge in [0.05, 0.1) is 23.6 Å². The number of H-pyrrole nitrogens is 1. The fourth-order valence-electron chi connectivity index (χ4n) is 3.20. The highest BCUT2D eigenvalue weighted by atomic mass is 35.5. The van der Waals surface area contributed by atoms with Gasteiger partial charge in [-0.1, -0.05) is 11.6 Å². The SMILES string of the molecule is Clc1ccc(CNc2cc(C3CCN(Cc4cnco4)CC3)[nH]n2)s1. The number of piperidine rings is 1. The molecule has 1 aliphatic heterocycles. The first-order valence-corrected chi connectivity index (χ1v) is 9.59. The van der Waals surface area contributed by atoms with Crippen molar-refractivity contribution in [2.45, 2.75) is 31.8 Å². The van der Waals surface area contributed by atoms with Crippen molar-refractivity contribution < 1.29 is 4.42 Å². The molecule has 3 aromatic rings. The number of thiophene rings is 1. The van der Waals surface area contributed by atoms with Crippen molar-refractivity contribution in [3.63, 3.8) is 0 Å². The van der Waals surface area contributed by atoms with Gasteiger partial charge in [0.15, 0.2) is 6.39 Å². The van der Waals surface area contributed by atoms with E-state index >= 15 is 0 Å². The molecule has 6 nitrogen and oxygen atoms in total. The average Bonchev–Trinajstić information content (AvgIpc) is 3.36. The number of anilines is 1. The molecule has 0 amide bonds. The predicted octanol–water partition coefficient (Wildman–Crippen LogP) is 4.10. The summed E-state index contributed by atoms with van der Waals surface area (Å²) >= 11 is 7.55. The lowest BCUT2D eigenvalue weighted by molar-refractivity contribution is 0.189. The number of nitrogens with one attached hydrogen (secondary N) is 2. The summed E-state index contributed by atoms with van der Waals surface area (Å²) in [5, 5.41) is 10.9. The zero-order valence-electron chi connectivity index (χ0n) is 13.7. The van der Waals surface area contributed by atoms with Gasteiger partial charge >= 0.3 is 0 Å². The Hall–Kier alpha value is -1.83. The minimum Gasteiger partial charge on any atom is -0.447 e. The van der Waals surface area contributed by atoms with Crippen LogP contribution in [0.3, 0.4) is 0 Å². The number of nitrogens with zero attached hydrogens (tertiary/aromatic N) is 3. The Balaban J connectivity index is 1.27. The number of oxazole rings is 1. The van der Waals surface area contributed by atoms with Gasteiger partial charge in [0.25, 0.3) is 0 Å². The predicted molar refractivity (Wildman–Crippen MR) is 99.0 cm³/mol. The highest BCUT2D eigenvalue weighted by molar-refractivity contribution is 7.16. The number of aromatic nitrogens is 3. The maximum atomic E-state index is 5.96. The molecule has 25 heavy (non-hydrogen) atoms. The Morgan fingerprint density at radius 1 is 1.36 bits per heavy atom. The molecule has 4 heterocycles. The van der Waals surface area contributed by atoms with Gasteiger partial charge in [-0.25, -0.2) is 4.98 Å². The van der Waals surface area contributed by atoms with Gasteiger partial charge in [-0.2, -0.15) is 5.10 Å². The van der Waals surface area contributed by atoms with Crippen LogP contribution in [0.1, 0.15) is 35.1 Å². The van der Waals surface area contributed by atoms with Crippen LogP contribution in [0.5, 0.6) is 0 Å². The van der Waals surface area contributed by atoms with E-state index in [4.69, 9.17) is 16.0 Å². The fraction of sp³-hybridized carbons (Fsp3) is 0.412. The van der Waals surface area contributed by atoms with Crippen molar-refractivity contribution >= 4 is 28.8 Å². The van der Waals surface area contributed by atoms with Crippen molar-refractivity contribution in [2.24, 2.45) is 0 Å². The molecule has 0 radical (unpaired) electrons. The molecule has 0 bridgehead atoms. The van der Waals surface area contributed by atoms with Gasteiger partial charge in [0.2, 0.25) is 0 Å². The van der Waals surface area contributed by atoms with Gasteiger partial charge < -0.3 is 9.73 Å². The van der Waals surface area contributed by atoms with Crippen molar-refractivity contribution in [2.75, 3.05) is 18.4 Å². The summed E-state index contributed by atoms with van der Waals surface area (Å²) in [7, 11) is 0. The smallest absolute Gasteiger partial charge is 0.180 e. The molecule has 0 unspecified atom stereocenters. The van der Waals surface area contributed by atoms with Crippen LogP contribution in [-0.2, 0) is 13.1 Å². The van der Waals surface area contributed by atoms with Crippen molar-refractivity contribution in [1.82, 2.24) is 20.1 Å². The van der Waals surface area contributed by atoms with E-state index in [-0.39, 0.29) is 0 Å². The zero-order valence-corrected chi connectivity index (χ0v) is 15.3. The molecule has 0 spiro atoms. The highest BCUT2D eigenvalue weighted by Crippen LogP contribution is 2.29. The summed E-state index contributed by atoms with van der Waals surface area (Å²) in [5.41, 5.74) is 1.21. The van der Waals surface area contributed by atoms with Crippen LogP contribution in [0.15, 0.2) is 35.2 Å². The third-order valence-corrected chi connectivity index (χ3v) is 5.79. The van der Waals surface area contributed by atoms with Gasteiger partial charge in [-0.15, -0.1) is 11.3 Å². The Morgan fingerprint density at radius 2 is 2.24 bits per heavy atom. The summed E-state index contributed by atoms with van der Waals surface area (Å²) in [5.74, 6) is 2.36. The number of halogens is 1. The zero-order chi connectivity index (χ0) is 17.1. The van der Waals surface area contributed by atoms with Crippen LogP contribution < -0.4 is 5.32 Å². The van der Waals surface area contributed by atoms with Crippen LogP contribution in [0.2, 0.25) is 4.34 Å². The minimum absolute atomic E-state index is 0.533. The van der Waals surface area contributed by atoms with E-state index in [1.165, 1.54) is 17.0 Å². The number of hydrogen-bond donors (Lipinski definition) is 2. The van der Waals surface area contributed by atoms with E-state index in [0.29, 0.717) is 5.92 Å². The summed E-state index contributed by atoms with van der Waals surface area (Å²) in [6, 6.07) is 6.09. The van der Waals surface area contributed by atoms with E-state index in [2.05, 4.69) is 31.5 Å². The van der Waals surface area contributed by atoms with E-state index in [9.17, 15) is 0 Å². The lowest BCUT2D eigenvalue weighted by Gasteiger charge is -2.30. The van der Waals surface area contributed by atoms with Crippen LogP contribution >= 0.6 is 22.9 Å². The molecule has 2 N–H and O–H groups in total. The van der Waals surface area contributed by atoms with E-state index in [1.807, 2.05) is 12.1 Å². The molecule has 132 valence electrons. The second-order valence-corrected chi connectivity index (χ2v) is 8.09. The standard InChI is InChI=1S/C17H20ClN5OS/c18-16-2-1-14(25-16)9-20-17-7-15(21-22-17)12-3-5-23(6-4-12)10-13-8-19-11-24-13/h1-2,7-8,11-12H,3-6,9-10H2,(H2,20,21,22). The molecule has 0 aliphatic carbocycles. The molecule has 1 aliphatic rings.